The van der Waals surface area contributed by atoms with Crippen molar-refractivity contribution in [3.05, 3.63) is 71.8 Å². The largest absolute Gasteiger partial charge is 0.573 e. The lowest BCUT2D eigenvalue weighted by Crippen LogP contribution is -2.49. The van der Waals surface area contributed by atoms with Crippen molar-refractivity contribution < 1.29 is 40.6 Å². The molecule has 1 amide bonds. The molecule has 36 heavy (non-hydrogen) atoms. The molecule has 0 aliphatic heterocycles. The number of benzene rings is 2. The Morgan fingerprint density at radius 2 is 1.50 bits per heavy atom. The molecule has 0 spiro atoms. The van der Waals surface area contributed by atoms with E-state index >= 15 is 0 Å². The van der Waals surface area contributed by atoms with Crippen LogP contribution in [0.25, 0.3) is 0 Å². The summed E-state index contributed by atoms with van der Waals surface area (Å²) in [5.41, 5.74) is -1.38. The number of ether oxygens (including phenoxy) is 2. The van der Waals surface area contributed by atoms with Crippen molar-refractivity contribution in [1.29, 1.82) is 0 Å². The third-order valence-corrected chi connectivity index (χ3v) is 5.63. The zero-order chi connectivity index (χ0) is 26.1. The van der Waals surface area contributed by atoms with Crippen LogP contribution in [-0.4, -0.2) is 33.4 Å². The number of aryl methyl sites for hydroxylation is 1. The van der Waals surface area contributed by atoms with Crippen molar-refractivity contribution in [3.63, 3.8) is 0 Å². The SMILES string of the molecule is Cn1ncnc1CC(NC(=O)C1CC1)(c1cccc(OC(F)(F)F)c1)c1cccc(OC(F)(F)F)c1. The van der Waals surface area contributed by atoms with Crippen molar-refractivity contribution in [1.82, 2.24) is 20.1 Å². The topological polar surface area (TPSA) is 78.3 Å². The predicted molar refractivity (Wildman–Crippen MR) is 113 cm³/mol. The lowest BCUT2D eigenvalue weighted by atomic mass is 9.79. The molecular weight excluding hydrogens is 494 g/mol. The first kappa shape index (κ1) is 25.3. The molecule has 1 N–H and O–H groups in total. The van der Waals surface area contributed by atoms with E-state index in [9.17, 15) is 31.1 Å². The van der Waals surface area contributed by atoms with Gasteiger partial charge in [-0.3, -0.25) is 9.48 Å². The molecule has 7 nitrogen and oxygen atoms in total. The summed E-state index contributed by atoms with van der Waals surface area (Å²) in [6.45, 7) is 0. The second-order valence-electron chi connectivity index (χ2n) is 8.30. The molecule has 1 saturated carbocycles. The van der Waals surface area contributed by atoms with E-state index in [-0.39, 0.29) is 23.5 Å². The molecule has 1 aromatic heterocycles. The first-order valence-electron chi connectivity index (χ1n) is 10.7. The van der Waals surface area contributed by atoms with Gasteiger partial charge in [-0.1, -0.05) is 24.3 Å². The molecule has 0 bridgehead atoms. The summed E-state index contributed by atoms with van der Waals surface area (Å²) in [4.78, 5) is 17.2. The number of rotatable bonds is 8. The summed E-state index contributed by atoms with van der Waals surface area (Å²) >= 11 is 0. The van der Waals surface area contributed by atoms with E-state index in [0.717, 1.165) is 24.3 Å². The zero-order valence-electron chi connectivity index (χ0n) is 18.7. The third kappa shape index (κ3) is 6.07. The number of nitrogens with one attached hydrogen (secondary N) is 1. The Morgan fingerprint density at radius 1 is 0.972 bits per heavy atom. The zero-order valence-corrected chi connectivity index (χ0v) is 18.7. The maximum atomic E-state index is 13.0. The van der Waals surface area contributed by atoms with Crippen LogP contribution < -0.4 is 14.8 Å². The summed E-state index contributed by atoms with van der Waals surface area (Å²) in [6.07, 6.45) is -7.64. The molecule has 1 heterocycles. The highest BCUT2D eigenvalue weighted by atomic mass is 19.4. The number of amides is 1. The molecule has 1 fully saturated rings. The van der Waals surface area contributed by atoms with Crippen LogP contribution in [0.2, 0.25) is 0 Å². The maximum Gasteiger partial charge on any atom is 0.573 e. The average Bonchev–Trinajstić information content (AvgIpc) is 3.54. The Kier molecular flexibility index (Phi) is 6.58. The molecule has 13 heteroatoms. The number of carbonyl (C=O) groups is 1. The highest BCUT2D eigenvalue weighted by molar-refractivity contribution is 5.82. The Balaban J connectivity index is 1.90. The number of hydrogen-bond acceptors (Lipinski definition) is 5. The smallest absolute Gasteiger partial charge is 0.406 e. The van der Waals surface area contributed by atoms with Crippen molar-refractivity contribution >= 4 is 5.91 Å². The van der Waals surface area contributed by atoms with Gasteiger partial charge in [0.2, 0.25) is 5.91 Å². The van der Waals surface area contributed by atoms with Gasteiger partial charge in [0.25, 0.3) is 0 Å². The van der Waals surface area contributed by atoms with Gasteiger partial charge in [-0.25, -0.2) is 4.98 Å². The Labute approximate surface area is 201 Å². The summed E-state index contributed by atoms with van der Waals surface area (Å²) < 4.78 is 87.2. The van der Waals surface area contributed by atoms with E-state index in [4.69, 9.17) is 0 Å². The van der Waals surface area contributed by atoms with E-state index in [0.29, 0.717) is 18.7 Å². The third-order valence-electron chi connectivity index (χ3n) is 5.63. The van der Waals surface area contributed by atoms with E-state index in [2.05, 4.69) is 24.9 Å². The molecular formula is C23H20F6N4O3. The molecule has 192 valence electrons. The van der Waals surface area contributed by atoms with Crippen molar-refractivity contribution in [2.45, 2.75) is 37.5 Å². The monoisotopic (exact) mass is 514 g/mol. The number of aromatic nitrogens is 3. The second-order valence-corrected chi connectivity index (χ2v) is 8.30. The lowest BCUT2D eigenvalue weighted by Gasteiger charge is -2.36. The first-order chi connectivity index (χ1) is 16.8. The molecule has 1 aliphatic carbocycles. The summed E-state index contributed by atoms with van der Waals surface area (Å²) in [6, 6.07) is 9.80. The van der Waals surface area contributed by atoms with Crippen LogP contribution in [-0.2, 0) is 23.8 Å². The van der Waals surface area contributed by atoms with Gasteiger partial charge in [0.1, 0.15) is 23.7 Å². The summed E-state index contributed by atoms with van der Waals surface area (Å²) in [7, 11) is 1.57. The molecule has 1 aliphatic rings. The lowest BCUT2D eigenvalue weighted by molar-refractivity contribution is -0.275. The van der Waals surface area contributed by atoms with Gasteiger partial charge in [0.05, 0.1) is 5.54 Å². The van der Waals surface area contributed by atoms with Crippen LogP contribution in [0.3, 0.4) is 0 Å². The van der Waals surface area contributed by atoms with Crippen LogP contribution in [0, 0.1) is 5.92 Å². The van der Waals surface area contributed by atoms with Crippen LogP contribution in [0.4, 0.5) is 26.3 Å². The number of alkyl halides is 6. The molecule has 0 atom stereocenters. The highest BCUT2D eigenvalue weighted by Gasteiger charge is 2.43. The van der Waals surface area contributed by atoms with Crippen molar-refractivity contribution in [3.8, 4) is 11.5 Å². The Bertz CT molecular complexity index is 1180. The van der Waals surface area contributed by atoms with Gasteiger partial charge in [-0.15, -0.1) is 26.3 Å². The van der Waals surface area contributed by atoms with Gasteiger partial charge in [0.15, 0.2) is 0 Å². The minimum absolute atomic E-state index is 0.130. The number of carbonyl (C=O) groups excluding carboxylic acids is 1. The van der Waals surface area contributed by atoms with E-state index < -0.39 is 35.7 Å². The minimum Gasteiger partial charge on any atom is -0.406 e. The van der Waals surface area contributed by atoms with Crippen LogP contribution >= 0.6 is 0 Å². The fourth-order valence-electron chi connectivity index (χ4n) is 3.85. The fourth-order valence-corrected chi connectivity index (χ4v) is 3.85. The normalized spacial score (nSPS) is 14.4. The van der Waals surface area contributed by atoms with Gasteiger partial charge in [-0.05, 0) is 48.2 Å². The standard InChI is InChI=1S/C23H20F6N4O3/c1-33-19(30-13-31-33)12-21(32-20(34)14-8-9-14,15-4-2-6-17(10-15)35-22(24,25)26)16-5-3-7-18(11-16)36-23(27,28)29/h2-7,10-11,13-14H,8-9,12H2,1H3,(H,32,34). The highest BCUT2D eigenvalue weighted by Crippen LogP contribution is 2.39. The molecule has 0 saturated heterocycles. The first-order valence-corrected chi connectivity index (χ1v) is 10.7. The minimum atomic E-state index is -4.98. The predicted octanol–water partition coefficient (Wildman–Crippen LogP) is 4.62. The molecule has 0 unspecified atom stereocenters. The van der Waals surface area contributed by atoms with Crippen molar-refractivity contribution in [2.75, 3.05) is 0 Å². The summed E-state index contributed by atoms with van der Waals surface area (Å²) in [5.74, 6) is -1.54. The van der Waals surface area contributed by atoms with E-state index in [1.165, 1.54) is 35.3 Å². The maximum absolute atomic E-state index is 13.0. The van der Waals surface area contributed by atoms with Gasteiger partial charge < -0.3 is 14.8 Å². The Morgan fingerprint density at radius 3 is 1.92 bits per heavy atom. The summed E-state index contributed by atoms with van der Waals surface area (Å²) in [5, 5.41) is 6.87. The van der Waals surface area contributed by atoms with Crippen molar-refractivity contribution in [2.24, 2.45) is 13.0 Å². The van der Waals surface area contributed by atoms with Crippen LogP contribution in [0.15, 0.2) is 54.9 Å². The average molecular weight is 514 g/mol. The number of halogens is 6. The second kappa shape index (κ2) is 9.36. The quantitative estimate of drug-likeness (QED) is 0.444. The van der Waals surface area contributed by atoms with Gasteiger partial charge in [-0.2, -0.15) is 5.10 Å². The number of nitrogens with zero attached hydrogens (tertiary/aromatic N) is 3. The molecule has 4 rings (SSSR count). The van der Waals surface area contributed by atoms with E-state index in [1.54, 1.807) is 7.05 Å². The number of hydrogen-bond donors (Lipinski definition) is 1. The van der Waals surface area contributed by atoms with Crippen LogP contribution in [0.1, 0.15) is 29.8 Å². The Hall–Kier alpha value is -3.77. The fraction of sp³-hybridized carbons (Fsp3) is 0.348. The van der Waals surface area contributed by atoms with Gasteiger partial charge in [0, 0.05) is 19.4 Å². The molecule has 2 aromatic carbocycles. The van der Waals surface area contributed by atoms with Gasteiger partial charge >= 0.3 is 12.7 Å². The molecule has 3 aromatic rings. The molecule has 0 radical (unpaired) electrons. The van der Waals surface area contributed by atoms with Crippen LogP contribution in [0.5, 0.6) is 11.5 Å². The van der Waals surface area contributed by atoms with E-state index in [1.807, 2.05) is 0 Å².